The van der Waals surface area contributed by atoms with Gasteiger partial charge in [0, 0.05) is 42.2 Å². The average molecular weight is 655 g/mol. The van der Waals surface area contributed by atoms with Crippen LogP contribution in [0.3, 0.4) is 0 Å². The van der Waals surface area contributed by atoms with Crippen molar-refractivity contribution in [3.63, 3.8) is 0 Å². The summed E-state index contributed by atoms with van der Waals surface area (Å²) < 4.78 is 26.9. The molecule has 1 unspecified atom stereocenters. The number of carbonyl (C=O) groups excluding carboxylic acids is 1. The first-order valence-corrected chi connectivity index (χ1v) is 16.5. The molecule has 2 atom stereocenters. The van der Waals surface area contributed by atoms with Crippen LogP contribution in [0.2, 0.25) is 5.02 Å². The molecule has 2 fully saturated rings. The third kappa shape index (κ3) is 5.94. The molecule has 0 radical (unpaired) electrons. The molecule has 0 N–H and O–H groups in total. The molecule has 3 aliphatic rings. The summed E-state index contributed by atoms with van der Waals surface area (Å²) in [5.74, 6) is -0.490. The molecule has 4 heterocycles. The lowest BCUT2D eigenvalue weighted by molar-refractivity contribution is -0.131. The second-order valence-electron chi connectivity index (χ2n) is 12.6. The van der Waals surface area contributed by atoms with Crippen molar-refractivity contribution in [1.82, 2.24) is 19.8 Å². The molecule has 0 aliphatic carbocycles. The lowest BCUT2D eigenvalue weighted by atomic mass is 9.89. The number of likely N-dealkylation sites (N-methyl/N-ethyl adjacent to an activating group) is 1. The van der Waals surface area contributed by atoms with Crippen LogP contribution < -0.4 is 14.4 Å². The molecule has 0 bridgehead atoms. The average Bonchev–Trinajstić information content (AvgIpc) is 3.07. The lowest BCUT2D eigenvalue weighted by Gasteiger charge is -2.41. The molecular weight excluding hydrogens is 619 g/mol. The van der Waals surface area contributed by atoms with Gasteiger partial charge in [-0.25, -0.2) is 4.39 Å². The Hall–Kier alpha value is -4.46. The third-order valence-electron chi connectivity index (χ3n) is 9.42. The van der Waals surface area contributed by atoms with E-state index in [2.05, 4.69) is 48.9 Å². The molecule has 11 heteroatoms. The van der Waals surface area contributed by atoms with Crippen LogP contribution in [0.5, 0.6) is 11.8 Å². The zero-order chi connectivity index (χ0) is 32.7. The number of amides is 1. The predicted molar refractivity (Wildman–Crippen MR) is 181 cm³/mol. The van der Waals surface area contributed by atoms with Gasteiger partial charge in [0.25, 0.3) is 5.91 Å². The molecule has 3 aromatic carbocycles. The fraction of sp³-hybridized carbons (Fsp3) is 0.389. The second kappa shape index (κ2) is 13.0. The van der Waals surface area contributed by atoms with Crippen molar-refractivity contribution in [3.05, 3.63) is 65.5 Å². The molecular formula is C36H36ClFN6O3. The quantitative estimate of drug-likeness (QED) is 0.223. The van der Waals surface area contributed by atoms with Crippen LogP contribution in [0.15, 0.2) is 54.9 Å². The Labute approximate surface area is 278 Å². The molecule has 0 saturated carbocycles. The minimum absolute atomic E-state index is 0.0386. The highest BCUT2D eigenvalue weighted by atomic mass is 35.5. The van der Waals surface area contributed by atoms with Crippen molar-refractivity contribution in [2.24, 2.45) is 0 Å². The number of benzene rings is 3. The van der Waals surface area contributed by atoms with E-state index in [0.29, 0.717) is 29.5 Å². The van der Waals surface area contributed by atoms with E-state index in [-0.39, 0.29) is 31.6 Å². The summed E-state index contributed by atoms with van der Waals surface area (Å²) in [7, 11) is 2.08. The van der Waals surface area contributed by atoms with Crippen LogP contribution in [0.25, 0.3) is 32.8 Å². The van der Waals surface area contributed by atoms with Gasteiger partial charge in [-0.1, -0.05) is 48.5 Å². The molecule has 2 saturated heterocycles. The molecule has 4 aromatic rings. The molecule has 47 heavy (non-hydrogen) atoms. The fourth-order valence-corrected chi connectivity index (χ4v) is 7.54. The van der Waals surface area contributed by atoms with Gasteiger partial charge in [-0.2, -0.15) is 15.2 Å². The van der Waals surface area contributed by atoms with E-state index < -0.39 is 17.8 Å². The summed E-state index contributed by atoms with van der Waals surface area (Å²) in [6.07, 6.45) is 3.53. The van der Waals surface area contributed by atoms with E-state index in [1.807, 2.05) is 23.1 Å². The van der Waals surface area contributed by atoms with Gasteiger partial charge in [0.2, 0.25) is 0 Å². The summed E-state index contributed by atoms with van der Waals surface area (Å²) in [5.41, 5.74) is 3.72. The number of ether oxygens (including phenoxy) is 2. The van der Waals surface area contributed by atoms with Crippen LogP contribution in [0, 0.1) is 11.3 Å². The van der Waals surface area contributed by atoms with E-state index in [1.54, 1.807) is 0 Å². The van der Waals surface area contributed by atoms with Crippen molar-refractivity contribution >= 4 is 45.0 Å². The Kier molecular flexibility index (Phi) is 8.60. The van der Waals surface area contributed by atoms with Crippen LogP contribution in [0.1, 0.15) is 31.2 Å². The number of hydrogen-bond donors (Lipinski definition) is 0. The minimum Gasteiger partial charge on any atom is -0.492 e. The summed E-state index contributed by atoms with van der Waals surface area (Å²) in [6, 6.07) is 16.1. The molecule has 7 rings (SSSR count). The fourth-order valence-electron chi connectivity index (χ4n) is 7.25. The van der Waals surface area contributed by atoms with Crippen LogP contribution in [-0.4, -0.2) is 84.2 Å². The minimum atomic E-state index is -1.04. The van der Waals surface area contributed by atoms with Crippen LogP contribution in [-0.2, 0) is 11.2 Å². The first-order valence-electron chi connectivity index (χ1n) is 16.1. The van der Waals surface area contributed by atoms with Crippen LogP contribution >= 0.6 is 11.6 Å². The Balaban J connectivity index is 1.41. The number of fused-ring (bicyclic) bond motifs is 4. The van der Waals surface area contributed by atoms with Gasteiger partial charge in [-0.3, -0.25) is 4.79 Å². The number of halogens is 2. The van der Waals surface area contributed by atoms with Crippen molar-refractivity contribution < 1.29 is 18.7 Å². The molecule has 242 valence electrons. The molecule has 1 aromatic heterocycles. The summed E-state index contributed by atoms with van der Waals surface area (Å²) in [4.78, 5) is 28.4. The van der Waals surface area contributed by atoms with Gasteiger partial charge in [-0.15, -0.1) is 0 Å². The van der Waals surface area contributed by atoms with Gasteiger partial charge in [0.15, 0.2) is 5.83 Å². The maximum atomic E-state index is 14.0. The molecule has 1 amide bonds. The van der Waals surface area contributed by atoms with E-state index in [9.17, 15) is 14.4 Å². The number of hydrogen-bond acceptors (Lipinski definition) is 8. The Morgan fingerprint density at radius 1 is 1.13 bits per heavy atom. The maximum Gasteiger partial charge on any atom is 0.319 e. The summed E-state index contributed by atoms with van der Waals surface area (Å²) >= 11 is 6.81. The normalized spacial score (nSPS) is 20.0. The number of nitriles is 1. The van der Waals surface area contributed by atoms with Gasteiger partial charge in [-0.05, 0) is 67.9 Å². The summed E-state index contributed by atoms with van der Waals surface area (Å²) in [6.45, 7) is 6.38. The Morgan fingerprint density at radius 3 is 2.74 bits per heavy atom. The zero-order valence-corrected chi connectivity index (χ0v) is 27.1. The van der Waals surface area contributed by atoms with Crippen molar-refractivity contribution in [2.75, 3.05) is 51.3 Å². The van der Waals surface area contributed by atoms with Gasteiger partial charge >= 0.3 is 6.01 Å². The van der Waals surface area contributed by atoms with Crippen molar-refractivity contribution in [2.45, 2.75) is 44.2 Å². The topological polar surface area (TPSA) is 94.8 Å². The number of aromatic nitrogens is 2. The van der Waals surface area contributed by atoms with E-state index in [0.717, 1.165) is 77.4 Å². The number of likely N-dealkylation sites (tertiary alicyclic amines) is 1. The first kappa shape index (κ1) is 31.2. The highest BCUT2D eigenvalue weighted by Gasteiger charge is 2.35. The smallest absolute Gasteiger partial charge is 0.319 e. The monoisotopic (exact) mass is 654 g/mol. The maximum absolute atomic E-state index is 14.0. The van der Waals surface area contributed by atoms with Crippen LogP contribution in [0.4, 0.5) is 10.2 Å². The molecule has 3 aliphatic heterocycles. The second-order valence-corrected chi connectivity index (χ2v) is 13.0. The number of carbonyl (C=O) groups is 1. The van der Waals surface area contributed by atoms with Crippen molar-refractivity contribution in [3.8, 4) is 29.0 Å². The van der Waals surface area contributed by atoms with Gasteiger partial charge in [0.05, 0.1) is 36.0 Å². The highest BCUT2D eigenvalue weighted by Crippen LogP contribution is 2.46. The van der Waals surface area contributed by atoms with Gasteiger partial charge in [0.1, 0.15) is 17.7 Å². The van der Waals surface area contributed by atoms with Crippen molar-refractivity contribution in [1.29, 1.82) is 5.26 Å². The third-order valence-corrected chi connectivity index (χ3v) is 9.74. The number of piperidine rings is 1. The first-order chi connectivity index (χ1) is 22.8. The van der Waals surface area contributed by atoms with E-state index >= 15 is 0 Å². The molecule has 0 spiro atoms. The number of anilines is 1. The Bertz CT molecular complexity index is 1920. The standard InChI is InChI=1S/C36H36ClFN6O3/c1-22(38)35(45)44-17-16-43(20-24(44)13-14-39)34-32-30(40-36(41-34)47-25-9-5-15-42(2)21-25)19-28(27-11-6-18-46-33(27)32)26-10-3-7-23-8-4-12-29(37)31(23)26/h3-4,7-8,10,12,19,24-25H,1,5-6,9,11,13,15-18,20-21H2,2H3/t24-,25?/m0/s1. The highest BCUT2D eigenvalue weighted by molar-refractivity contribution is 6.36. The lowest BCUT2D eigenvalue weighted by Crippen LogP contribution is -2.55. The SMILES string of the molecule is C=C(F)C(=O)N1CCN(c2nc(OC3CCCN(C)C3)nc3cc(-c4cccc5cccc(Cl)c45)c4c(c23)OCCC4)C[C@@H]1CC#N. The largest absolute Gasteiger partial charge is 0.492 e. The number of nitrogens with zero attached hydrogens (tertiary/aromatic N) is 6. The summed E-state index contributed by atoms with van der Waals surface area (Å²) in [5, 5.41) is 13.1. The molecule has 9 nitrogen and oxygen atoms in total. The van der Waals surface area contributed by atoms with E-state index in [4.69, 9.17) is 31.0 Å². The predicted octanol–water partition coefficient (Wildman–Crippen LogP) is 6.32. The Morgan fingerprint density at radius 2 is 1.96 bits per heavy atom. The van der Waals surface area contributed by atoms with E-state index in [1.165, 1.54) is 4.90 Å². The van der Waals surface area contributed by atoms with Gasteiger partial charge < -0.3 is 24.2 Å². The number of piperazine rings is 1. The number of rotatable bonds is 6. The zero-order valence-electron chi connectivity index (χ0n) is 26.3.